The highest BCUT2D eigenvalue weighted by Crippen LogP contribution is 2.27. The Kier molecular flexibility index (Phi) is 5.74. The standard InChI is InChI=1S/C16H21ClN4O3S/c1-10(2)9-18-16(22)12-7-5-6-8-13(12)20-25(23,24)14-11(3)19-21(4)15(14)17/h5-8,10,20H,9H2,1-4H3,(H,18,22). The predicted octanol–water partition coefficient (Wildman–Crippen LogP) is 2.57. The SMILES string of the molecule is Cc1nn(C)c(Cl)c1S(=O)(=O)Nc1ccccc1C(=O)NCC(C)C. The molecule has 0 saturated carbocycles. The van der Waals surface area contributed by atoms with Gasteiger partial charge in [0, 0.05) is 13.6 Å². The van der Waals surface area contributed by atoms with Gasteiger partial charge in [-0.2, -0.15) is 5.10 Å². The topological polar surface area (TPSA) is 93.1 Å². The van der Waals surface area contributed by atoms with Crippen molar-refractivity contribution in [2.75, 3.05) is 11.3 Å². The van der Waals surface area contributed by atoms with Gasteiger partial charge in [0.05, 0.1) is 16.9 Å². The zero-order valence-corrected chi connectivity index (χ0v) is 16.1. The average molecular weight is 385 g/mol. The van der Waals surface area contributed by atoms with Gasteiger partial charge >= 0.3 is 0 Å². The van der Waals surface area contributed by atoms with Crippen LogP contribution in [0.4, 0.5) is 5.69 Å². The zero-order chi connectivity index (χ0) is 18.8. The molecule has 0 spiro atoms. The minimum atomic E-state index is -3.99. The number of benzene rings is 1. The van der Waals surface area contributed by atoms with E-state index < -0.39 is 10.0 Å². The maximum atomic E-state index is 12.7. The molecule has 2 aromatic rings. The molecule has 0 radical (unpaired) electrons. The van der Waals surface area contributed by atoms with Crippen molar-refractivity contribution in [3.05, 3.63) is 40.7 Å². The second-order valence-corrected chi connectivity index (χ2v) is 8.06. The van der Waals surface area contributed by atoms with Gasteiger partial charge in [0.25, 0.3) is 15.9 Å². The molecule has 1 amide bonds. The molecule has 2 rings (SSSR count). The van der Waals surface area contributed by atoms with E-state index in [1.807, 2.05) is 13.8 Å². The lowest BCUT2D eigenvalue weighted by atomic mass is 10.1. The summed E-state index contributed by atoms with van der Waals surface area (Å²) in [6, 6.07) is 6.41. The molecule has 0 unspecified atom stereocenters. The molecule has 25 heavy (non-hydrogen) atoms. The Hall–Kier alpha value is -2.06. The van der Waals surface area contributed by atoms with Crippen LogP contribution in [0.15, 0.2) is 29.2 Å². The lowest BCUT2D eigenvalue weighted by Gasteiger charge is -2.13. The fourth-order valence-electron chi connectivity index (χ4n) is 2.27. The first-order chi connectivity index (χ1) is 11.6. The number of nitrogens with one attached hydrogen (secondary N) is 2. The molecule has 0 aliphatic heterocycles. The van der Waals surface area contributed by atoms with Crippen molar-refractivity contribution in [3.63, 3.8) is 0 Å². The third kappa shape index (κ3) is 4.32. The molecular formula is C16H21ClN4O3S. The van der Waals surface area contributed by atoms with Crippen LogP contribution in [-0.4, -0.2) is 30.7 Å². The molecule has 136 valence electrons. The summed E-state index contributed by atoms with van der Waals surface area (Å²) in [6.45, 7) is 6.00. The number of hydrogen-bond donors (Lipinski definition) is 2. The van der Waals surface area contributed by atoms with Crippen molar-refractivity contribution in [1.29, 1.82) is 0 Å². The van der Waals surface area contributed by atoms with Gasteiger partial charge in [0.1, 0.15) is 10.0 Å². The van der Waals surface area contributed by atoms with Crippen LogP contribution in [0, 0.1) is 12.8 Å². The molecule has 7 nitrogen and oxygen atoms in total. The van der Waals surface area contributed by atoms with E-state index in [0.29, 0.717) is 6.54 Å². The molecule has 0 fully saturated rings. The van der Waals surface area contributed by atoms with Gasteiger partial charge in [0.2, 0.25) is 0 Å². The number of rotatable bonds is 6. The number of halogens is 1. The minimum Gasteiger partial charge on any atom is -0.352 e. The Labute approximate surface area is 152 Å². The monoisotopic (exact) mass is 384 g/mol. The molecule has 2 N–H and O–H groups in total. The van der Waals surface area contributed by atoms with E-state index >= 15 is 0 Å². The van der Waals surface area contributed by atoms with Crippen LogP contribution in [0.3, 0.4) is 0 Å². The van der Waals surface area contributed by atoms with Crippen LogP contribution < -0.4 is 10.0 Å². The summed E-state index contributed by atoms with van der Waals surface area (Å²) in [5.41, 5.74) is 0.703. The van der Waals surface area contributed by atoms with Crippen LogP contribution in [0.2, 0.25) is 5.15 Å². The highest BCUT2D eigenvalue weighted by atomic mass is 35.5. The minimum absolute atomic E-state index is 0.00624. The van der Waals surface area contributed by atoms with Crippen molar-refractivity contribution >= 4 is 33.2 Å². The third-order valence-corrected chi connectivity index (χ3v) is 5.52. The number of hydrogen-bond acceptors (Lipinski definition) is 4. The van der Waals surface area contributed by atoms with Crippen LogP contribution >= 0.6 is 11.6 Å². The molecule has 1 heterocycles. The largest absolute Gasteiger partial charge is 0.352 e. The smallest absolute Gasteiger partial charge is 0.266 e. The number of para-hydroxylation sites is 1. The van der Waals surface area contributed by atoms with E-state index in [-0.39, 0.29) is 38.8 Å². The summed E-state index contributed by atoms with van der Waals surface area (Å²) in [6.07, 6.45) is 0. The summed E-state index contributed by atoms with van der Waals surface area (Å²) < 4.78 is 29.2. The summed E-state index contributed by atoms with van der Waals surface area (Å²) in [5.74, 6) is -0.0642. The fraction of sp³-hybridized carbons (Fsp3) is 0.375. The second-order valence-electron chi connectivity index (χ2n) is 6.08. The number of amides is 1. The van der Waals surface area contributed by atoms with Gasteiger partial charge in [-0.25, -0.2) is 8.42 Å². The second kappa shape index (κ2) is 7.45. The first-order valence-corrected chi connectivity index (χ1v) is 9.58. The molecule has 1 aromatic heterocycles. The zero-order valence-electron chi connectivity index (χ0n) is 14.5. The highest BCUT2D eigenvalue weighted by molar-refractivity contribution is 7.92. The Morgan fingerprint density at radius 1 is 1.32 bits per heavy atom. The van der Waals surface area contributed by atoms with Gasteiger partial charge in [-0.05, 0) is 25.0 Å². The van der Waals surface area contributed by atoms with Crippen molar-refractivity contribution in [3.8, 4) is 0 Å². The van der Waals surface area contributed by atoms with Crippen LogP contribution in [0.1, 0.15) is 29.9 Å². The predicted molar refractivity (Wildman–Crippen MR) is 97.4 cm³/mol. The first kappa shape index (κ1) is 19.3. The number of aryl methyl sites for hydroxylation is 2. The van der Waals surface area contributed by atoms with Gasteiger partial charge < -0.3 is 5.32 Å². The number of carbonyl (C=O) groups excluding carboxylic acids is 1. The lowest BCUT2D eigenvalue weighted by molar-refractivity contribution is 0.0950. The van der Waals surface area contributed by atoms with Crippen LogP contribution in [0.25, 0.3) is 0 Å². The van der Waals surface area contributed by atoms with E-state index in [2.05, 4.69) is 15.1 Å². The number of aromatic nitrogens is 2. The highest BCUT2D eigenvalue weighted by Gasteiger charge is 2.26. The van der Waals surface area contributed by atoms with Crippen molar-refractivity contribution in [1.82, 2.24) is 15.1 Å². The van der Waals surface area contributed by atoms with Crippen molar-refractivity contribution in [2.45, 2.75) is 25.7 Å². The molecule has 0 saturated heterocycles. The summed E-state index contributed by atoms with van der Waals surface area (Å²) >= 11 is 6.05. The molecule has 0 aliphatic rings. The average Bonchev–Trinajstić information content (AvgIpc) is 2.78. The van der Waals surface area contributed by atoms with Gasteiger partial charge in [0.15, 0.2) is 0 Å². The quantitative estimate of drug-likeness (QED) is 0.800. The maximum Gasteiger partial charge on any atom is 0.266 e. The lowest BCUT2D eigenvalue weighted by Crippen LogP contribution is -2.28. The van der Waals surface area contributed by atoms with E-state index in [1.54, 1.807) is 32.2 Å². The van der Waals surface area contributed by atoms with Gasteiger partial charge in [-0.15, -0.1) is 0 Å². The Bertz CT molecular complexity index is 891. The molecule has 1 aromatic carbocycles. The Balaban J connectivity index is 2.36. The number of nitrogens with zero attached hydrogens (tertiary/aromatic N) is 2. The molecular weight excluding hydrogens is 364 g/mol. The Morgan fingerprint density at radius 3 is 2.52 bits per heavy atom. The van der Waals surface area contributed by atoms with Crippen molar-refractivity contribution < 1.29 is 13.2 Å². The molecule has 0 bridgehead atoms. The Morgan fingerprint density at radius 2 is 1.96 bits per heavy atom. The first-order valence-electron chi connectivity index (χ1n) is 7.72. The molecule has 0 atom stereocenters. The van der Waals surface area contributed by atoms with E-state index in [1.165, 1.54) is 10.7 Å². The summed E-state index contributed by atoms with van der Waals surface area (Å²) in [7, 11) is -2.43. The fourth-order valence-corrected chi connectivity index (χ4v) is 4.11. The van der Waals surface area contributed by atoms with E-state index in [9.17, 15) is 13.2 Å². The van der Waals surface area contributed by atoms with E-state index in [0.717, 1.165) is 0 Å². The van der Waals surface area contributed by atoms with E-state index in [4.69, 9.17) is 11.6 Å². The summed E-state index contributed by atoms with van der Waals surface area (Å²) in [4.78, 5) is 12.2. The number of sulfonamides is 1. The van der Waals surface area contributed by atoms with Crippen LogP contribution in [-0.2, 0) is 17.1 Å². The number of carbonyl (C=O) groups is 1. The van der Waals surface area contributed by atoms with Crippen molar-refractivity contribution in [2.24, 2.45) is 13.0 Å². The molecule has 9 heteroatoms. The normalized spacial score (nSPS) is 11.6. The number of anilines is 1. The van der Waals surface area contributed by atoms with Gasteiger partial charge in [-0.3, -0.25) is 14.2 Å². The van der Waals surface area contributed by atoms with Gasteiger partial charge in [-0.1, -0.05) is 37.6 Å². The van der Waals surface area contributed by atoms with Crippen LogP contribution in [0.5, 0.6) is 0 Å². The molecule has 0 aliphatic carbocycles. The summed E-state index contributed by atoms with van der Waals surface area (Å²) in [5, 5.41) is 6.79. The third-order valence-electron chi connectivity index (χ3n) is 3.46. The maximum absolute atomic E-state index is 12.7.